The van der Waals surface area contributed by atoms with Gasteiger partial charge in [-0.25, -0.2) is 0 Å². The molecule has 7 heteroatoms. The molecule has 0 unspecified atom stereocenters. The Labute approximate surface area is 107 Å². The van der Waals surface area contributed by atoms with Crippen LogP contribution in [0.2, 0.25) is 5.02 Å². The molecule has 17 heavy (non-hydrogen) atoms. The molecule has 0 aliphatic rings. The first-order chi connectivity index (χ1) is 8.08. The number of halogens is 1. The minimum Gasteiger partial charge on any atom is -0.397 e. The number of anilines is 2. The number of rotatable bonds is 2. The molecule has 0 aliphatic carbocycles. The van der Waals surface area contributed by atoms with Crippen LogP contribution in [0.1, 0.15) is 15.4 Å². The molecule has 0 radical (unpaired) electrons. The Bertz CT molecular complexity index is 569. The Morgan fingerprint density at radius 1 is 1.47 bits per heavy atom. The number of amides is 1. The number of para-hydroxylation sites is 1. The second-order valence-corrected chi connectivity index (χ2v) is 4.87. The summed E-state index contributed by atoms with van der Waals surface area (Å²) >= 11 is 7.13. The van der Waals surface area contributed by atoms with E-state index in [0.717, 1.165) is 5.01 Å². The molecule has 88 valence electrons. The van der Waals surface area contributed by atoms with E-state index in [9.17, 15) is 4.79 Å². The average Bonchev–Trinajstić information content (AvgIpc) is 2.68. The fourth-order valence-electron chi connectivity index (χ4n) is 1.25. The molecule has 1 aromatic carbocycles. The van der Waals surface area contributed by atoms with Crippen molar-refractivity contribution in [1.29, 1.82) is 0 Å². The Hall–Kier alpha value is -1.66. The van der Waals surface area contributed by atoms with Crippen molar-refractivity contribution in [3.63, 3.8) is 0 Å². The van der Waals surface area contributed by atoms with Crippen molar-refractivity contribution in [1.82, 2.24) is 10.2 Å². The van der Waals surface area contributed by atoms with Crippen LogP contribution in [0.15, 0.2) is 18.2 Å². The Balaban J connectivity index is 2.23. The number of carbonyl (C=O) groups is 1. The standard InChI is InChI=1S/C10H9ClN4OS/c1-5-14-15-10(17-5)13-9(16)6-3-2-4-7(11)8(6)12/h2-4H,12H2,1H3,(H,13,15,16). The maximum atomic E-state index is 11.9. The summed E-state index contributed by atoms with van der Waals surface area (Å²) < 4.78 is 0. The Kier molecular flexibility index (Phi) is 3.26. The van der Waals surface area contributed by atoms with Gasteiger partial charge in [0, 0.05) is 0 Å². The van der Waals surface area contributed by atoms with Crippen LogP contribution in [0.4, 0.5) is 10.8 Å². The third-order valence-electron chi connectivity index (χ3n) is 2.04. The fraction of sp³-hybridized carbons (Fsp3) is 0.100. The first kappa shape index (κ1) is 11.8. The highest BCUT2D eigenvalue weighted by atomic mass is 35.5. The summed E-state index contributed by atoms with van der Waals surface area (Å²) in [5.74, 6) is -0.346. The zero-order chi connectivity index (χ0) is 12.4. The summed E-state index contributed by atoms with van der Waals surface area (Å²) in [4.78, 5) is 11.9. The molecule has 1 heterocycles. The van der Waals surface area contributed by atoms with Crippen LogP contribution in [0, 0.1) is 6.92 Å². The van der Waals surface area contributed by atoms with Crippen LogP contribution in [-0.2, 0) is 0 Å². The third kappa shape index (κ3) is 2.54. The second kappa shape index (κ2) is 4.68. The van der Waals surface area contributed by atoms with E-state index in [-0.39, 0.29) is 11.6 Å². The van der Waals surface area contributed by atoms with Crippen molar-refractivity contribution in [2.75, 3.05) is 11.1 Å². The monoisotopic (exact) mass is 268 g/mol. The number of nitrogen functional groups attached to an aromatic ring is 1. The summed E-state index contributed by atoms with van der Waals surface area (Å²) in [6, 6.07) is 4.90. The van der Waals surface area contributed by atoms with E-state index >= 15 is 0 Å². The molecule has 0 aliphatic heterocycles. The minimum atomic E-state index is -0.346. The first-order valence-electron chi connectivity index (χ1n) is 4.73. The van der Waals surface area contributed by atoms with Gasteiger partial charge in [-0.3, -0.25) is 10.1 Å². The van der Waals surface area contributed by atoms with Gasteiger partial charge in [0.05, 0.1) is 16.3 Å². The smallest absolute Gasteiger partial charge is 0.259 e. The number of nitrogens with one attached hydrogen (secondary N) is 1. The number of benzene rings is 1. The predicted molar refractivity (Wildman–Crippen MR) is 68.5 cm³/mol. The summed E-state index contributed by atoms with van der Waals surface area (Å²) in [6.07, 6.45) is 0. The van der Waals surface area contributed by atoms with E-state index < -0.39 is 0 Å². The zero-order valence-corrected chi connectivity index (χ0v) is 10.5. The van der Waals surface area contributed by atoms with Gasteiger partial charge in [-0.05, 0) is 19.1 Å². The number of aromatic nitrogens is 2. The van der Waals surface area contributed by atoms with Gasteiger partial charge in [-0.15, -0.1) is 10.2 Å². The lowest BCUT2D eigenvalue weighted by molar-refractivity contribution is 0.102. The SMILES string of the molecule is Cc1nnc(NC(=O)c2cccc(Cl)c2N)s1. The van der Waals surface area contributed by atoms with E-state index in [1.807, 2.05) is 0 Å². The molecule has 0 atom stereocenters. The molecule has 0 saturated carbocycles. The minimum absolute atomic E-state index is 0.257. The number of nitrogens with two attached hydrogens (primary N) is 1. The largest absolute Gasteiger partial charge is 0.397 e. The predicted octanol–water partition coefficient (Wildman–Crippen LogP) is 2.33. The van der Waals surface area contributed by atoms with Crippen LogP contribution in [0.3, 0.4) is 0 Å². The van der Waals surface area contributed by atoms with Crippen molar-refractivity contribution >= 4 is 39.7 Å². The molecule has 0 fully saturated rings. The molecular weight excluding hydrogens is 260 g/mol. The highest BCUT2D eigenvalue weighted by Crippen LogP contribution is 2.23. The molecule has 0 spiro atoms. The van der Waals surface area contributed by atoms with Crippen LogP contribution >= 0.6 is 22.9 Å². The lowest BCUT2D eigenvalue weighted by atomic mass is 10.1. The van der Waals surface area contributed by atoms with Gasteiger partial charge in [0.2, 0.25) is 5.13 Å². The molecule has 3 N–H and O–H groups in total. The van der Waals surface area contributed by atoms with E-state index in [1.54, 1.807) is 25.1 Å². The quantitative estimate of drug-likeness (QED) is 0.819. The molecule has 2 rings (SSSR count). The third-order valence-corrected chi connectivity index (χ3v) is 3.13. The van der Waals surface area contributed by atoms with Crippen molar-refractivity contribution in [3.05, 3.63) is 33.8 Å². The molecule has 0 saturated heterocycles. The molecule has 1 amide bonds. The number of nitrogens with zero attached hydrogens (tertiary/aromatic N) is 2. The highest BCUT2D eigenvalue weighted by Gasteiger charge is 2.13. The summed E-state index contributed by atoms with van der Waals surface area (Å²) in [5.41, 5.74) is 6.30. The Morgan fingerprint density at radius 3 is 2.88 bits per heavy atom. The van der Waals surface area contributed by atoms with Gasteiger partial charge < -0.3 is 5.73 Å². The summed E-state index contributed by atoms with van der Waals surface area (Å²) in [5, 5.41) is 11.8. The van der Waals surface area contributed by atoms with Gasteiger partial charge in [-0.1, -0.05) is 29.0 Å². The van der Waals surface area contributed by atoms with E-state index in [4.69, 9.17) is 17.3 Å². The average molecular weight is 269 g/mol. The van der Waals surface area contributed by atoms with Crippen molar-refractivity contribution < 1.29 is 4.79 Å². The summed E-state index contributed by atoms with van der Waals surface area (Å²) in [6.45, 7) is 1.81. The molecule has 0 bridgehead atoms. The van der Waals surface area contributed by atoms with E-state index in [1.165, 1.54) is 11.3 Å². The van der Waals surface area contributed by atoms with Gasteiger partial charge in [0.15, 0.2) is 0 Å². The zero-order valence-electron chi connectivity index (χ0n) is 8.90. The molecular formula is C10H9ClN4OS. The fourth-order valence-corrected chi connectivity index (χ4v) is 2.01. The number of aryl methyl sites for hydroxylation is 1. The van der Waals surface area contributed by atoms with Gasteiger partial charge in [-0.2, -0.15) is 0 Å². The number of carbonyl (C=O) groups excluding carboxylic acids is 1. The normalized spacial score (nSPS) is 10.2. The van der Waals surface area contributed by atoms with E-state index in [2.05, 4.69) is 15.5 Å². The summed E-state index contributed by atoms with van der Waals surface area (Å²) in [7, 11) is 0. The van der Waals surface area contributed by atoms with Crippen LogP contribution in [-0.4, -0.2) is 16.1 Å². The van der Waals surface area contributed by atoms with Gasteiger partial charge in [0.1, 0.15) is 5.01 Å². The van der Waals surface area contributed by atoms with E-state index in [0.29, 0.717) is 15.7 Å². The van der Waals surface area contributed by atoms with Crippen molar-refractivity contribution in [3.8, 4) is 0 Å². The van der Waals surface area contributed by atoms with Crippen molar-refractivity contribution in [2.45, 2.75) is 6.92 Å². The van der Waals surface area contributed by atoms with Gasteiger partial charge in [0.25, 0.3) is 5.91 Å². The molecule has 2 aromatic rings. The van der Waals surface area contributed by atoms with Gasteiger partial charge >= 0.3 is 0 Å². The maximum absolute atomic E-state index is 11.9. The lowest BCUT2D eigenvalue weighted by Gasteiger charge is -2.05. The van der Waals surface area contributed by atoms with Crippen LogP contribution in [0.5, 0.6) is 0 Å². The van der Waals surface area contributed by atoms with Crippen molar-refractivity contribution in [2.24, 2.45) is 0 Å². The number of hydrogen-bond acceptors (Lipinski definition) is 5. The van der Waals surface area contributed by atoms with Crippen LogP contribution < -0.4 is 11.1 Å². The topological polar surface area (TPSA) is 80.9 Å². The molecule has 1 aromatic heterocycles. The Morgan fingerprint density at radius 2 is 2.24 bits per heavy atom. The lowest BCUT2D eigenvalue weighted by Crippen LogP contribution is -2.14. The van der Waals surface area contributed by atoms with Crippen LogP contribution in [0.25, 0.3) is 0 Å². The first-order valence-corrected chi connectivity index (χ1v) is 5.93. The maximum Gasteiger partial charge on any atom is 0.259 e. The highest BCUT2D eigenvalue weighted by molar-refractivity contribution is 7.15. The molecule has 5 nitrogen and oxygen atoms in total. The number of hydrogen-bond donors (Lipinski definition) is 2. The second-order valence-electron chi connectivity index (χ2n) is 3.28.